The Balaban J connectivity index is 1.66. The van der Waals surface area contributed by atoms with Gasteiger partial charge in [-0.1, -0.05) is 45.2 Å². The standard InChI is InChI=1S/C21H32N2O3/c1-15(2)17-9-11-19(12-10-17)26-16(3)20(24)22-13-14-23-21(25)18-7-5-4-6-8-18/h9-12,15-16,18H,4-8,13-14H2,1-3H3,(H,22,24)(H,23,25). The Morgan fingerprint density at radius 2 is 1.62 bits per heavy atom. The molecule has 5 heteroatoms. The Labute approximate surface area is 156 Å². The van der Waals surface area contributed by atoms with E-state index in [1.165, 1.54) is 12.0 Å². The molecule has 1 aliphatic rings. The fourth-order valence-electron chi connectivity index (χ4n) is 3.21. The van der Waals surface area contributed by atoms with E-state index in [-0.39, 0.29) is 17.7 Å². The molecule has 0 saturated heterocycles. The number of carbonyl (C=O) groups is 2. The van der Waals surface area contributed by atoms with Crippen molar-refractivity contribution in [1.29, 1.82) is 0 Å². The van der Waals surface area contributed by atoms with E-state index in [0.29, 0.717) is 24.8 Å². The van der Waals surface area contributed by atoms with E-state index in [1.54, 1.807) is 6.92 Å². The Hall–Kier alpha value is -2.04. The summed E-state index contributed by atoms with van der Waals surface area (Å²) >= 11 is 0. The minimum Gasteiger partial charge on any atom is -0.481 e. The number of rotatable bonds is 8. The lowest BCUT2D eigenvalue weighted by molar-refractivity contribution is -0.128. The molecule has 0 heterocycles. The van der Waals surface area contributed by atoms with Crippen LogP contribution in [0.15, 0.2) is 24.3 Å². The second-order valence-corrected chi connectivity index (χ2v) is 7.40. The van der Waals surface area contributed by atoms with Gasteiger partial charge in [-0.2, -0.15) is 0 Å². The summed E-state index contributed by atoms with van der Waals surface area (Å²) in [6.45, 7) is 6.87. The highest BCUT2D eigenvalue weighted by Crippen LogP contribution is 2.23. The van der Waals surface area contributed by atoms with Crippen LogP contribution in [0.1, 0.15) is 64.4 Å². The minimum absolute atomic E-state index is 0.119. The number of hydrogen-bond donors (Lipinski definition) is 2. The van der Waals surface area contributed by atoms with Crippen LogP contribution < -0.4 is 15.4 Å². The molecule has 2 rings (SSSR count). The summed E-state index contributed by atoms with van der Waals surface area (Å²) in [5.41, 5.74) is 1.24. The fraction of sp³-hybridized carbons (Fsp3) is 0.619. The maximum atomic E-state index is 12.1. The Morgan fingerprint density at radius 3 is 2.23 bits per heavy atom. The zero-order valence-corrected chi connectivity index (χ0v) is 16.2. The molecule has 1 saturated carbocycles. The van der Waals surface area contributed by atoms with Crippen molar-refractivity contribution in [3.05, 3.63) is 29.8 Å². The highest BCUT2D eigenvalue weighted by molar-refractivity contribution is 5.81. The molecule has 2 amide bonds. The number of hydrogen-bond acceptors (Lipinski definition) is 3. The molecular formula is C21H32N2O3. The van der Waals surface area contributed by atoms with Gasteiger partial charge in [0.05, 0.1) is 0 Å². The van der Waals surface area contributed by atoms with Crippen LogP contribution in [0.4, 0.5) is 0 Å². The molecule has 2 N–H and O–H groups in total. The van der Waals surface area contributed by atoms with Crippen LogP contribution in [0.25, 0.3) is 0 Å². The van der Waals surface area contributed by atoms with Gasteiger partial charge in [0.25, 0.3) is 5.91 Å². The molecule has 5 nitrogen and oxygen atoms in total. The number of benzene rings is 1. The summed E-state index contributed by atoms with van der Waals surface area (Å²) in [4.78, 5) is 24.2. The lowest BCUT2D eigenvalue weighted by Crippen LogP contribution is -2.42. The van der Waals surface area contributed by atoms with E-state index in [1.807, 2.05) is 24.3 Å². The minimum atomic E-state index is -0.575. The zero-order chi connectivity index (χ0) is 18.9. The quantitative estimate of drug-likeness (QED) is 0.698. The van der Waals surface area contributed by atoms with Gasteiger partial charge in [-0.15, -0.1) is 0 Å². The van der Waals surface area contributed by atoms with Gasteiger partial charge < -0.3 is 15.4 Å². The highest BCUT2D eigenvalue weighted by Gasteiger charge is 2.20. The topological polar surface area (TPSA) is 67.4 Å². The van der Waals surface area contributed by atoms with Crippen LogP contribution in [-0.4, -0.2) is 31.0 Å². The number of carbonyl (C=O) groups excluding carboxylic acids is 2. The SMILES string of the molecule is CC(Oc1ccc(C(C)C)cc1)C(=O)NCCNC(=O)C1CCCCC1. The average molecular weight is 360 g/mol. The summed E-state index contributed by atoms with van der Waals surface area (Å²) in [6.07, 6.45) is 4.91. The average Bonchev–Trinajstić information content (AvgIpc) is 2.66. The molecule has 144 valence electrons. The second-order valence-electron chi connectivity index (χ2n) is 7.40. The number of nitrogens with one attached hydrogen (secondary N) is 2. The van der Waals surface area contributed by atoms with Crippen LogP contribution in [0.5, 0.6) is 5.75 Å². The van der Waals surface area contributed by atoms with E-state index < -0.39 is 6.10 Å². The van der Waals surface area contributed by atoms with Crippen molar-refractivity contribution in [3.63, 3.8) is 0 Å². The molecule has 26 heavy (non-hydrogen) atoms. The van der Waals surface area contributed by atoms with Gasteiger partial charge in [0, 0.05) is 19.0 Å². The Kier molecular flexibility index (Phi) is 7.95. The lowest BCUT2D eigenvalue weighted by atomic mass is 9.89. The highest BCUT2D eigenvalue weighted by atomic mass is 16.5. The van der Waals surface area contributed by atoms with E-state index in [4.69, 9.17) is 4.74 Å². The smallest absolute Gasteiger partial charge is 0.260 e. The largest absolute Gasteiger partial charge is 0.481 e. The van der Waals surface area contributed by atoms with Crippen molar-refractivity contribution in [2.75, 3.05) is 13.1 Å². The first kappa shape index (κ1) is 20.3. The second kappa shape index (κ2) is 10.2. The monoisotopic (exact) mass is 360 g/mol. The molecule has 0 aromatic heterocycles. The van der Waals surface area contributed by atoms with E-state index in [9.17, 15) is 9.59 Å². The van der Waals surface area contributed by atoms with Crippen LogP contribution in [0.3, 0.4) is 0 Å². The third-order valence-corrected chi connectivity index (χ3v) is 4.93. The normalized spacial score (nSPS) is 16.2. The van der Waals surface area contributed by atoms with Crippen molar-refractivity contribution in [1.82, 2.24) is 10.6 Å². The molecule has 0 radical (unpaired) electrons. The predicted octanol–water partition coefficient (Wildman–Crippen LogP) is 3.39. The van der Waals surface area contributed by atoms with E-state index in [2.05, 4.69) is 24.5 Å². The molecule has 0 spiro atoms. The first-order valence-electron chi connectivity index (χ1n) is 9.79. The van der Waals surface area contributed by atoms with Gasteiger partial charge in [0.2, 0.25) is 5.91 Å². The molecule has 0 bridgehead atoms. The van der Waals surface area contributed by atoms with Crippen LogP contribution in [-0.2, 0) is 9.59 Å². The fourth-order valence-corrected chi connectivity index (χ4v) is 3.21. The molecule has 1 aliphatic carbocycles. The van der Waals surface area contributed by atoms with Gasteiger partial charge >= 0.3 is 0 Å². The third kappa shape index (κ3) is 6.36. The third-order valence-electron chi connectivity index (χ3n) is 4.93. The van der Waals surface area contributed by atoms with Crippen LogP contribution in [0, 0.1) is 5.92 Å². The van der Waals surface area contributed by atoms with E-state index >= 15 is 0 Å². The molecular weight excluding hydrogens is 328 g/mol. The molecule has 1 atom stereocenters. The zero-order valence-electron chi connectivity index (χ0n) is 16.2. The maximum absolute atomic E-state index is 12.1. The lowest BCUT2D eigenvalue weighted by Gasteiger charge is -2.21. The first-order chi connectivity index (χ1) is 12.5. The molecule has 1 fully saturated rings. The van der Waals surface area contributed by atoms with Gasteiger partial charge in [-0.05, 0) is 43.4 Å². The molecule has 1 aromatic rings. The van der Waals surface area contributed by atoms with Crippen molar-refractivity contribution < 1.29 is 14.3 Å². The van der Waals surface area contributed by atoms with Gasteiger partial charge in [-0.3, -0.25) is 9.59 Å². The summed E-state index contributed by atoms with van der Waals surface area (Å²) in [6, 6.07) is 7.82. The van der Waals surface area contributed by atoms with Crippen molar-refractivity contribution >= 4 is 11.8 Å². The summed E-state index contributed by atoms with van der Waals surface area (Å²) in [7, 11) is 0. The van der Waals surface area contributed by atoms with Crippen molar-refractivity contribution in [2.24, 2.45) is 5.92 Å². The molecule has 1 aromatic carbocycles. The van der Waals surface area contributed by atoms with Gasteiger partial charge in [0.1, 0.15) is 5.75 Å². The number of ether oxygens (including phenoxy) is 1. The summed E-state index contributed by atoms with van der Waals surface area (Å²) in [5, 5.41) is 5.73. The van der Waals surface area contributed by atoms with Gasteiger partial charge in [0.15, 0.2) is 6.10 Å². The maximum Gasteiger partial charge on any atom is 0.260 e. The summed E-state index contributed by atoms with van der Waals surface area (Å²) < 4.78 is 5.68. The number of amides is 2. The predicted molar refractivity (Wildman–Crippen MR) is 103 cm³/mol. The first-order valence-corrected chi connectivity index (χ1v) is 9.79. The van der Waals surface area contributed by atoms with Crippen LogP contribution >= 0.6 is 0 Å². The van der Waals surface area contributed by atoms with Crippen molar-refractivity contribution in [2.45, 2.75) is 64.9 Å². The van der Waals surface area contributed by atoms with Crippen LogP contribution in [0.2, 0.25) is 0 Å². The summed E-state index contributed by atoms with van der Waals surface area (Å²) in [5.74, 6) is 1.24. The molecule has 1 unspecified atom stereocenters. The van der Waals surface area contributed by atoms with E-state index in [0.717, 1.165) is 25.7 Å². The van der Waals surface area contributed by atoms with Gasteiger partial charge in [-0.25, -0.2) is 0 Å². The Bertz CT molecular complexity index is 577. The van der Waals surface area contributed by atoms with Crippen molar-refractivity contribution in [3.8, 4) is 5.75 Å². The Morgan fingerprint density at radius 1 is 1.00 bits per heavy atom. The molecule has 0 aliphatic heterocycles.